The second-order valence-corrected chi connectivity index (χ2v) is 9.74. The summed E-state index contributed by atoms with van der Waals surface area (Å²) in [6, 6.07) is 7.37. The molecular weight excluding hydrogens is 500 g/mol. The van der Waals surface area contributed by atoms with Crippen molar-refractivity contribution >= 4 is 28.8 Å². The highest BCUT2D eigenvalue weighted by Gasteiger charge is 2.21. The van der Waals surface area contributed by atoms with Crippen LogP contribution in [0.2, 0.25) is 5.15 Å². The predicted molar refractivity (Wildman–Crippen MR) is 145 cm³/mol. The first-order valence-corrected chi connectivity index (χ1v) is 12.6. The molecule has 13 heteroatoms. The number of rotatable bonds is 5. The first kappa shape index (κ1) is 30.3. The van der Waals surface area contributed by atoms with Gasteiger partial charge in [-0.25, -0.2) is 9.97 Å². The number of nitro groups is 2. The van der Waals surface area contributed by atoms with Crippen LogP contribution in [0, 0.1) is 20.2 Å². The van der Waals surface area contributed by atoms with Gasteiger partial charge in [0.1, 0.15) is 23.4 Å². The van der Waals surface area contributed by atoms with Crippen LogP contribution in [-0.4, -0.2) is 96.1 Å². The Bertz CT molecular complexity index is 962. The summed E-state index contributed by atoms with van der Waals surface area (Å²) in [4.78, 5) is 34.1. The van der Waals surface area contributed by atoms with Gasteiger partial charge < -0.3 is 20.0 Å². The van der Waals surface area contributed by atoms with Gasteiger partial charge in [-0.15, -0.1) is 0 Å². The third kappa shape index (κ3) is 10.5. The lowest BCUT2D eigenvalue weighted by molar-refractivity contribution is -0.385. The van der Waals surface area contributed by atoms with Gasteiger partial charge in [-0.3, -0.25) is 20.2 Å². The average molecular weight is 537 g/mol. The summed E-state index contributed by atoms with van der Waals surface area (Å²) >= 11 is 5.38. The summed E-state index contributed by atoms with van der Waals surface area (Å²) < 4.78 is 0. The molecule has 0 aliphatic carbocycles. The zero-order valence-electron chi connectivity index (χ0n) is 21.9. The molecule has 2 aliphatic rings. The van der Waals surface area contributed by atoms with E-state index in [1.165, 1.54) is 50.3 Å². The number of nitrogens with one attached hydrogen (secondary N) is 1. The van der Waals surface area contributed by atoms with Gasteiger partial charge in [0.2, 0.25) is 0 Å². The third-order valence-electron chi connectivity index (χ3n) is 6.42. The molecule has 0 unspecified atom stereocenters. The number of piperidine rings is 2. The predicted octanol–water partition coefficient (Wildman–Crippen LogP) is 3.46. The van der Waals surface area contributed by atoms with E-state index in [2.05, 4.69) is 58.2 Å². The fraction of sp³-hybridized carbons (Fsp3) is 0.583. The molecule has 4 rings (SSSR count). The molecule has 0 radical (unpaired) electrons. The fourth-order valence-corrected chi connectivity index (χ4v) is 4.20. The van der Waals surface area contributed by atoms with Crippen molar-refractivity contribution < 1.29 is 9.85 Å². The van der Waals surface area contributed by atoms with Gasteiger partial charge in [-0.2, -0.15) is 0 Å². The lowest BCUT2D eigenvalue weighted by Gasteiger charge is -2.35. The zero-order chi connectivity index (χ0) is 27.4. The lowest BCUT2D eigenvalue weighted by Crippen LogP contribution is -2.42. The highest BCUT2D eigenvalue weighted by molar-refractivity contribution is 6.29. The number of hydrogen-bond acceptors (Lipinski definition) is 10. The Hall–Kier alpha value is -2.93. The molecule has 2 saturated heterocycles. The minimum absolute atomic E-state index is 0.0435. The molecule has 0 saturated carbocycles. The topological polar surface area (TPSA) is 134 Å². The molecule has 0 spiro atoms. The van der Waals surface area contributed by atoms with Gasteiger partial charge in [0.15, 0.2) is 0 Å². The van der Waals surface area contributed by atoms with Crippen LogP contribution in [0.4, 0.5) is 17.2 Å². The summed E-state index contributed by atoms with van der Waals surface area (Å²) in [5.41, 5.74) is -0.00803. The molecule has 2 fully saturated rings. The first-order valence-electron chi connectivity index (χ1n) is 12.2. The van der Waals surface area contributed by atoms with E-state index in [1.54, 1.807) is 6.07 Å². The first-order chi connectivity index (χ1) is 17.6. The molecule has 2 aliphatic heterocycles. The molecular formula is C24H37ClN8O4. The number of aromatic nitrogens is 2. The van der Waals surface area contributed by atoms with Crippen LogP contribution in [0.15, 0.2) is 36.7 Å². The van der Waals surface area contributed by atoms with Gasteiger partial charge in [0, 0.05) is 37.3 Å². The Morgan fingerprint density at radius 3 is 1.70 bits per heavy atom. The van der Waals surface area contributed by atoms with Crippen LogP contribution in [-0.2, 0) is 0 Å². The Morgan fingerprint density at radius 1 is 0.838 bits per heavy atom. The minimum Gasteiger partial charge on any atom is -0.356 e. The number of halogens is 1. The lowest BCUT2D eigenvalue weighted by atomic mass is 10.0. The van der Waals surface area contributed by atoms with Crippen LogP contribution in [0.3, 0.4) is 0 Å². The molecule has 2 aromatic rings. The van der Waals surface area contributed by atoms with E-state index in [-0.39, 0.29) is 16.5 Å². The van der Waals surface area contributed by atoms with Crippen molar-refractivity contribution in [1.82, 2.24) is 25.1 Å². The van der Waals surface area contributed by atoms with Crippen LogP contribution in [0.5, 0.6) is 0 Å². The van der Waals surface area contributed by atoms with E-state index in [4.69, 9.17) is 11.6 Å². The summed E-state index contributed by atoms with van der Waals surface area (Å²) in [5.74, 6) is 0.831. The van der Waals surface area contributed by atoms with Gasteiger partial charge in [0.25, 0.3) is 11.4 Å². The quantitative estimate of drug-likeness (QED) is 0.344. The van der Waals surface area contributed by atoms with Gasteiger partial charge >= 0.3 is 0 Å². The van der Waals surface area contributed by atoms with Crippen molar-refractivity contribution in [2.75, 3.05) is 59.3 Å². The number of nitrogens with zero attached hydrogens (tertiary/aromatic N) is 7. The number of hydrogen-bond donors (Lipinski definition) is 1. The maximum atomic E-state index is 10.6. The molecule has 0 aromatic carbocycles. The molecule has 12 nitrogen and oxygen atoms in total. The smallest absolute Gasteiger partial charge is 0.287 e. The van der Waals surface area contributed by atoms with Crippen LogP contribution < -0.4 is 10.2 Å². The van der Waals surface area contributed by atoms with Crippen molar-refractivity contribution in [3.05, 3.63) is 62.0 Å². The minimum atomic E-state index is -0.524. The van der Waals surface area contributed by atoms with Crippen LogP contribution >= 0.6 is 11.6 Å². The van der Waals surface area contributed by atoms with Crippen LogP contribution in [0.25, 0.3) is 0 Å². The van der Waals surface area contributed by atoms with Gasteiger partial charge in [-0.05, 0) is 79.1 Å². The van der Waals surface area contributed by atoms with Crippen molar-refractivity contribution in [2.45, 2.75) is 37.8 Å². The normalized spacial score (nSPS) is 16.5. The summed E-state index contributed by atoms with van der Waals surface area (Å²) in [7, 11) is 8.53. The van der Waals surface area contributed by atoms with Crippen molar-refractivity contribution in [3.8, 4) is 0 Å². The number of pyridine rings is 2. The summed E-state index contributed by atoms with van der Waals surface area (Å²) in [5, 5.41) is 24.2. The molecule has 0 amide bonds. The third-order valence-corrected chi connectivity index (χ3v) is 6.65. The molecule has 1 N–H and O–H groups in total. The molecule has 2 aromatic heterocycles. The molecule has 204 valence electrons. The van der Waals surface area contributed by atoms with Crippen molar-refractivity contribution in [3.63, 3.8) is 0 Å². The Morgan fingerprint density at radius 2 is 1.32 bits per heavy atom. The molecule has 0 bridgehead atoms. The van der Waals surface area contributed by atoms with Crippen molar-refractivity contribution in [1.29, 1.82) is 0 Å². The van der Waals surface area contributed by atoms with E-state index in [1.807, 2.05) is 0 Å². The maximum Gasteiger partial charge on any atom is 0.287 e. The van der Waals surface area contributed by atoms with Crippen LogP contribution in [0.1, 0.15) is 25.7 Å². The second kappa shape index (κ2) is 15.4. The molecule has 0 atom stereocenters. The average Bonchev–Trinajstić information content (AvgIpc) is 2.90. The van der Waals surface area contributed by atoms with E-state index in [9.17, 15) is 20.2 Å². The monoisotopic (exact) mass is 536 g/mol. The van der Waals surface area contributed by atoms with Gasteiger partial charge in [-0.1, -0.05) is 11.6 Å². The number of anilines is 1. The standard InChI is InChI=1S/C12H18N4O2.C7H16N2.C5H3ClN2O2/c1-14(2)10-5-7-15(8-6-10)12-4-3-11(9-13-12)16(17)18;1-9(2)7-3-5-8-6-4-7;6-5-2-1-4(3-7-5)8(9)10/h3-4,9-10H,5-8H2,1-2H3;7-8H,3-6H2,1-2H3;1-3H. The van der Waals surface area contributed by atoms with Gasteiger partial charge in [0.05, 0.1) is 9.85 Å². The van der Waals surface area contributed by atoms with E-state index >= 15 is 0 Å². The Kier molecular flexibility index (Phi) is 12.6. The second-order valence-electron chi connectivity index (χ2n) is 9.35. The Labute approximate surface area is 222 Å². The molecule has 4 heterocycles. The highest BCUT2D eigenvalue weighted by Crippen LogP contribution is 2.21. The van der Waals surface area contributed by atoms with E-state index < -0.39 is 9.85 Å². The highest BCUT2D eigenvalue weighted by atomic mass is 35.5. The maximum absolute atomic E-state index is 10.6. The van der Waals surface area contributed by atoms with E-state index in [0.29, 0.717) is 6.04 Å². The zero-order valence-corrected chi connectivity index (χ0v) is 22.7. The largest absolute Gasteiger partial charge is 0.356 e. The van der Waals surface area contributed by atoms with E-state index in [0.717, 1.165) is 44.0 Å². The Balaban J connectivity index is 0.000000214. The SMILES string of the molecule is CN(C)C1CCN(c2ccc([N+](=O)[O-])cn2)CC1.CN(C)C1CCNCC1.O=[N+]([O-])c1ccc(Cl)nc1. The fourth-order valence-electron chi connectivity index (χ4n) is 4.08. The van der Waals surface area contributed by atoms with Crippen molar-refractivity contribution in [2.24, 2.45) is 0 Å². The summed E-state index contributed by atoms with van der Waals surface area (Å²) in [6.07, 6.45) is 7.27. The summed E-state index contributed by atoms with van der Waals surface area (Å²) in [6.45, 7) is 4.30. The molecule has 37 heavy (non-hydrogen) atoms.